The molecule has 0 radical (unpaired) electrons. The summed E-state index contributed by atoms with van der Waals surface area (Å²) >= 11 is 0. The number of carbonyl (C=O) groups excluding carboxylic acids is 2. The molecule has 2 rings (SSSR count). The first kappa shape index (κ1) is 18.4. The van der Waals surface area contributed by atoms with Crippen molar-refractivity contribution in [3.8, 4) is 5.75 Å². The van der Waals surface area contributed by atoms with Crippen molar-refractivity contribution < 1.29 is 23.5 Å². The van der Waals surface area contributed by atoms with Gasteiger partial charge in [0.25, 0.3) is 5.91 Å². The summed E-state index contributed by atoms with van der Waals surface area (Å²) in [5.74, 6) is -0.578. The Morgan fingerprint density at radius 1 is 1.12 bits per heavy atom. The van der Waals surface area contributed by atoms with Crippen molar-refractivity contribution in [1.29, 1.82) is 0 Å². The van der Waals surface area contributed by atoms with Crippen LogP contribution in [-0.4, -0.2) is 31.6 Å². The molecule has 6 heteroatoms. The molecule has 0 bridgehead atoms. The predicted molar refractivity (Wildman–Crippen MR) is 91.0 cm³/mol. The van der Waals surface area contributed by atoms with Gasteiger partial charge in [0.2, 0.25) is 0 Å². The monoisotopic (exact) mass is 345 g/mol. The molecule has 0 saturated carbocycles. The first-order valence-corrected chi connectivity index (χ1v) is 7.99. The number of rotatable bonds is 8. The minimum Gasteiger partial charge on any atom is -0.484 e. The van der Waals surface area contributed by atoms with Gasteiger partial charge in [-0.25, -0.2) is 9.18 Å². The standard InChI is InChI=1S/C19H20FNO4/c1-2-24-19(23)15-4-3-5-17(12-15)25-13-18(22)21-11-10-14-6-8-16(20)9-7-14/h3-9,12H,2,10-11,13H2,1H3,(H,21,22). The van der Waals surface area contributed by atoms with Gasteiger partial charge in [-0.3, -0.25) is 4.79 Å². The third-order valence-corrected chi connectivity index (χ3v) is 3.36. The Balaban J connectivity index is 1.75. The lowest BCUT2D eigenvalue weighted by molar-refractivity contribution is -0.123. The van der Waals surface area contributed by atoms with Crippen molar-refractivity contribution in [3.05, 3.63) is 65.5 Å². The summed E-state index contributed by atoms with van der Waals surface area (Å²) in [7, 11) is 0. The van der Waals surface area contributed by atoms with Crippen LogP contribution in [0, 0.1) is 5.82 Å². The smallest absolute Gasteiger partial charge is 0.338 e. The highest BCUT2D eigenvalue weighted by Crippen LogP contribution is 2.14. The van der Waals surface area contributed by atoms with Crippen molar-refractivity contribution in [2.75, 3.05) is 19.8 Å². The van der Waals surface area contributed by atoms with E-state index in [2.05, 4.69) is 5.32 Å². The predicted octanol–water partition coefficient (Wildman–Crippen LogP) is 2.74. The molecule has 0 unspecified atom stereocenters. The van der Waals surface area contributed by atoms with Gasteiger partial charge >= 0.3 is 5.97 Å². The van der Waals surface area contributed by atoms with Crippen LogP contribution in [0.1, 0.15) is 22.8 Å². The largest absolute Gasteiger partial charge is 0.484 e. The molecule has 2 aromatic rings. The Hall–Kier alpha value is -2.89. The van der Waals surface area contributed by atoms with Crippen molar-refractivity contribution >= 4 is 11.9 Å². The van der Waals surface area contributed by atoms with E-state index in [1.165, 1.54) is 18.2 Å². The van der Waals surface area contributed by atoms with Gasteiger partial charge < -0.3 is 14.8 Å². The molecule has 2 aromatic carbocycles. The first-order chi connectivity index (χ1) is 12.1. The molecule has 0 aliphatic rings. The van der Waals surface area contributed by atoms with Gasteiger partial charge in [0.05, 0.1) is 12.2 Å². The summed E-state index contributed by atoms with van der Waals surface area (Å²) in [4.78, 5) is 23.4. The Labute approximate surface area is 145 Å². The van der Waals surface area contributed by atoms with E-state index < -0.39 is 5.97 Å². The van der Waals surface area contributed by atoms with Gasteiger partial charge in [0.1, 0.15) is 11.6 Å². The molecular formula is C19H20FNO4. The number of ether oxygens (including phenoxy) is 2. The Kier molecular flexibility index (Phi) is 6.95. The average molecular weight is 345 g/mol. The molecular weight excluding hydrogens is 325 g/mol. The van der Waals surface area contributed by atoms with Crippen LogP contribution in [-0.2, 0) is 16.0 Å². The fraction of sp³-hybridized carbons (Fsp3) is 0.263. The van der Waals surface area contributed by atoms with E-state index in [-0.39, 0.29) is 18.3 Å². The number of nitrogens with one attached hydrogen (secondary N) is 1. The van der Waals surface area contributed by atoms with E-state index in [0.717, 1.165) is 5.56 Å². The molecule has 0 saturated heterocycles. The van der Waals surface area contributed by atoms with Gasteiger partial charge in [0.15, 0.2) is 6.61 Å². The van der Waals surface area contributed by atoms with E-state index in [9.17, 15) is 14.0 Å². The molecule has 1 N–H and O–H groups in total. The molecule has 0 aliphatic heterocycles. The topological polar surface area (TPSA) is 64.6 Å². The average Bonchev–Trinajstić information content (AvgIpc) is 2.62. The second-order valence-electron chi connectivity index (χ2n) is 5.26. The van der Waals surface area contributed by atoms with Gasteiger partial charge in [-0.05, 0) is 49.2 Å². The maximum Gasteiger partial charge on any atom is 0.338 e. The maximum atomic E-state index is 12.8. The fourth-order valence-electron chi connectivity index (χ4n) is 2.12. The zero-order valence-electron chi connectivity index (χ0n) is 14.0. The fourth-order valence-corrected chi connectivity index (χ4v) is 2.12. The summed E-state index contributed by atoms with van der Waals surface area (Å²) in [6.07, 6.45) is 0.602. The van der Waals surface area contributed by atoms with Crippen molar-refractivity contribution in [1.82, 2.24) is 5.32 Å². The molecule has 0 heterocycles. The van der Waals surface area contributed by atoms with Crippen molar-refractivity contribution in [3.63, 3.8) is 0 Å². The van der Waals surface area contributed by atoms with E-state index in [1.807, 2.05) is 0 Å². The van der Waals surface area contributed by atoms with Crippen molar-refractivity contribution in [2.45, 2.75) is 13.3 Å². The summed E-state index contributed by atoms with van der Waals surface area (Å²) in [6.45, 7) is 2.29. The molecule has 25 heavy (non-hydrogen) atoms. The number of esters is 1. The number of carbonyl (C=O) groups is 2. The number of amides is 1. The Bertz CT molecular complexity index is 716. The number of hydrogen-bond donors (Lipinski definition) is 1. The maximum absolute atomic E-state index is 12.8. The third-order valence-electron chi connectivity index (χ3n) is 3.36. The van der Waals surface area contributed by atoms with Gasteiger partial charge in [-0.15, -0.1) is 0 Å². The lowest BCUT2D eigenvalue weighted by Crippen LogP contribution is -2.30. The first-order valence-electron chi connectivity index (χ1n) is 7.99. The molecule has 0 atom stereocenters. The second-order valence-corrected chi connectivity index (χ2v) is 5.26. The highest BCUT2D eigenvalue weighted by Gasteiger charge is 2.08. The minimum absolute atomic E-state index is 0.157. The number of hydrogen-bond acceptors (Lipinski definition) is 4. The summed E-state index contributed by atoms with van der Waals surface area (Å²) < 4.78 is 23.1. The van der Waals surface area contributed by atoms with Crippen molar-refractivity contribution in [2.24, 2.45) is 0 Å². The minimum atomic E-state index is -0.434. The number of halogens is 1. The zero-order chi connectivity index (χ0) is 18.1. The van der Waals surface area contributed by atoms with Crippen LogP contribution in [0.25, 0.3) is 0 Å². The third kappa shape index (κ3) is 6.25. The Morgan fingerprint density at radius 2 is 1.88 bits per heavy atom. The number of benzene rings is 2. The summed E-state index contributed by atoms with van der Waals surface area (Å²) in [5, 5.41) is 2.72. The van der Waals surface area contributed by atoms with Crippen LogP contribution in [0.3, 0.4) is 0 Å². The highest BCUT2D eigenvalue weighted by molar-refractivity contribution is 5.89. The molecule has 1 amide bonds. The lowest BCUT2D eigenvalue weighted by atomic mass is 10.1. The summed E-state index contributed by atoms with van der Waals surface area (Å²) in [6, 6.07) is 12.6. The van der Waals surface area contributed by atoms with Gasteiger partial charge in [-0.2, -0.15) is 0 Å². The lowest BCUT2D eigenvalue weighted by Gasteiger charge is -2.09. The van der Waals surface area contributed by atoms with Gasteiger partial charge in [-0.1, -0.05) is 18.2 Å². The van der Waals surface area contributed by atoms with E-state index in [4.69, 9.17) is 9.47 Å². The Morgan fingerprint density at radius 3 is 2.60 bits per heavy atom. The molecule has 0 fully saturated rings. The summed E-state index contributed by atoms with van der Waals surface area (Å²) in [5.41, 5.74) is 1.31. The SMILES string of the molecule is CCOC(=O)c1cccc(OCC(=O)NCCc2ccc(F)cc2)c1. The second kappa shape index (κ2) is 9.42. The quantitative estimate of drug-likeness (QED) is 0.747. The molecule has 132 valence electrons. The molecule has 5 nitrogen and oxygen atoms in total. The van der Waals surface area contributed by atoms with Gasteiger partial charge in [0, 0.05) is 6.54 Å². The van der Waals surface area contributed by atoms with Crippen LogP contribution < -0.4 is 10.1 Å². The van der Waals surface area contributed by atoms with Crippen LogP contribution in [0.4, 0.5) is 4.39 Å². The van der Waals surface area contributed by atoms with Crippen LogP contribution in [0.5, 0.6) is 5.75 Å². The molecule has 0 spiro atoms. The van der Waals surface area contributed by atoms with Crippen LogP contribution in [0.2, 0.25) is 0 Å². The van der Waals surface area contributed by atoms with Crippen LogP contribution in [0.15, 0.2) is 48.5 Å². The molecule has 0 aliphatic carbocycles. The van der Waals surface area contributed by atoms with E-state index in [0.29, 0.717) is 30.9 Å². The van der Waals surface area contributed by atoms with E-state index in [1.54, 1.807) is 37.3 Å². The highest BCUT2D eigenvalue weighted by atomic mass is 19.1. The zero-order valence-corrected chi connectivity index (χ0v) is 14.0. The normalized spacial score (nSPS) is 10.2. The van der Waals surface area contributed by atoms with Crippen LogP contribution >= 0.6 is 0 Å². The molecule has 0 aromatic heterocycles. The van der Waals surface area contributed by atoms with E-state index >= 15 is 0 Å².